The van der Waals surface area contributed by atoms with Crippen molar-refractivity contribution < 1.29 is 4.21 Å². The summed E-state index contributed by atoms with van der Waals surface area (Å²) in [7, 11) is -1.41. The largest absolute Gasteiger partial charge is 0.382 e. The third kappa shape index (κ3) is 4.68. The quantitative estimate of drug-likeness (QED) is 0.391. The van der Waals surface area contributed by atoms with Crippen LogP contribution in [0.4, 0.5) is 17.5 Å². The molecule has 1 saturated heterocycles. The molecule has 3 aromatic rings. The Morgan fingerprint density at radius 2 is 1.97 bits per heavy atom. The van der Waals surface area contributed by atoms with E-state index in [4.69, 9.17) is 38.3 Å². The highest BCUT2D eigenvalue weighted by Crippen LogP contribution is 2.56. The zero-order chi connectivity index (χ0) is 27.5. The number of nitrogens with two attached hydrogens (primary N) is 3. The van der Waals surface area contributed by atoms with Gasteiger partial charge in [-0.15, -0.1) is 0 Å². The van der Waals surface area contributed by atoms with Crippen molar-refractivity contribution in [2.24, 2.45) is 10.6 Å². The molecule has 6 rings (SSSR count). The van der Waals surface area contributed by atoms with E-state index >= 15 is 0 Å². The average Bonchev–Trinajstić information content (AvgIpc) is 3.55. The van der Waals surface area contributed by atoms with E-state index < -0.39 is 15.7 Å². The van der Waals surface area contributed by atoms with Crippen LogP contribution >= 0.6 is 23.4 Å². The van der Waals surface area contributed by atoms with E-state index in [9.17, 15) is 4.21 Å². The van der Waals surface area contributed by atoms with E-state index in [-0.39, 0.29) is 17.2 Å². The fourth-order valence-corrected chi connectivity index (χ4v) is 7.84. The van der Waals surface area contributed by atoms with E-state index in [0.29, 0.717) is 15.9 Å². The van der Waals surface area contributed by atoms with Crippen LogP contribution in [0.2, 0.25) is 5.02 Å². The highest BCUT2D eigenvalue weighted by molar-refractivity contribution is 7.99. The maximum absolute atomic E-state index is 12.5. The predicted molar refractivity (Wildman–Crippen MR) is 156 cm³/mol. The van der Waals surface area contributed by atoms with E-state index in [0.717, 1.165) is 62.5 Å². The average molecular weight is 588 g/mol. The number of rotatable bonds is 6. The van der Waals surface area contributed by atoms with Crippen molar-refractivity contribution in [1.29, 1.82) is 0 Å². The lowest BCUT2D eigenvalue weighted by atomic mass is 9.66. The van der Waals surface area contributed by atoms with Gasteiger partial charge < -0.3 is 16.4 Å². The van der Waals surface area contributed by atoms with Crippen molar-refractivity contribution in [3.05, 3.63) is 40.4 Å². The number of fused-ring (bicyclic) bond motifs is 3. The summed E-state index contributed by atoms with van der Waals surface area (Å²) >= 11 is 7.62. The Kier molecular flexibility index (Phi) is 6.80. The van der Waals surface area contributed by atoms with Gasteiger partial charge in [-0.2, -0.15) is 5.10 Å². The molecule has 5 heterocycles. The molecule has 1 spiro atoms. The first kappa shape index (κ1) is 26.8. The zero-order valence-corrected chi connectivity index (χ0v) is 24.6. The zero-order valence-electron chi connectivity index (χ0n) is 22.2. The van der Waals surface area contributed by atoms with Gasteiger partial charge in [0.15, 0.2) is 5.82 Å². The van der Waals surface area contributed by atoms with Crippen LogP contribution in [-0.4, -0.2) is 46.8 Å². The number of piperidine rings is 1. The molecule has 0 bridgehead atoms. The number of hydrogen-bond donors (Lipinski definition) is 3. The summed E-state index contributed by atoms with van der Waals surface area (Å²) in [4.78, 5) is 16.3. The van der Waals surface area contributed by atoms with Gasteiger partial charge in [0.25, 0.3) is 0 Å². The Morgan fingerprint density at radius 1 is 1.21 bits per heavy atom. The van der Waals surface area contributed by atoms with Crippen molar-refractivity contribution in [1.82, 2.24) is 24.7 Å². The van der Waals surface area contributed by atoms with Crippen molar-refractivity contribution in [2.75, 3.05) is 29.5 Å². The SMILES string of the molecule is CC(C)(C[C@@H]1c2c3c(nn2CC12CCN(c1cnc(Sc4ccnc(N)c4Cl)c(N)n1)CC2)CCC3)S(N)=O. The summed E-state index contributed by atoms with van der Waals surface area (Å²) in [6, 6.07) is 1.78. The van der Waals surface area contributed by atoms with E-state index in [1.807, 2.05) is 13.8 Å². The molecule has 10 nitrogen and oxygen atoms in total. The van der Waals surface area contributed by atoms with Crippen molar-refractivity contribution in [3.63, 3.8) is 0 Å². The Labute approximate surface area is 240 Å². The van der Waals surface area contributed by atoms with Crippen LogP contribution in [0.3, 0.4) is 0 Å². The lowest BCUT2D eigenvalue weighted by Crippen LogP contribution is -2.45. The number of nitrogens with zero attached hydrogens (tertiary/aromatic N) is 6. The predicted octanol–water partition coefficient (Wildman–Crippen LogP) is 3.70. The Balaban J connectivity index is 1.21. The van der Waals surface area contributed by atoms with Gasteiger partial charge in [0, 0.05) is 47.8 Å². The third-order valence-electron chi connectivity index (χ3n) is 8.71. The summed E-state index contributed by atoms with van der Waals surface area (Å²) in [5.41, 5.74) is 16.3. The first-order valence-corrected chi connectivity index (χ1v) is 15.7. The molecule has 208 valence electrons. The third-order valence-corrected chi connectivity index (χ3v) is 11.5. The van der Waals surface area contributed by atoms with Crippen LogP contribution < -0.4 is 21.5 Å². The summed E-state index contributed by atoms with van der Waals surface area (Å²) in [5, 5.41) is 11.9. The summed E-state index contributed by atoms with van der Waals surface area (Å²) < 4.78 is 14.3. The molecule has 1 unspecified atom stereocenters. The van der Waals surface area contributed by atoms with Gasteiger partial charge >= 0.3 is 0 Å². The van der Waals surface area contributed by atoms with Crippen molar-refractivity contribution in [2.45, 2.75) is 79.5 Å². The van der Waals surface area contributed by atoms with Gasteiger partial charge in [-0.3, -0.25) is 9.82 Å². The molecule has 2 aliphatic heterocycles. The van der Waals surface area contributed by atoms with Crippen LogP contribution in [0.25, 0.3) is 0 Å². The molecule has 0 amide bonds. The number of pyridine rings is 1. The van der Waals surface area contributed by atoms with Gasteiger partial charge in [0.1, 0.15) is 16.7 Å². The minimum atomic E-state index is -1.41. The summed E-state index contributed by atoms with van der Waals surface area (Å²) in [6.07, 6.45) is 9.44. The number of anilines is 3. The van der Waals surface area contributed by atoms with Crippen molar-refractivity contribution in [3.8, 4) is 0 Å². The number of nitrogen functional groups attached to an aromatic ring is 2. The second-order valence-electron chi connectivity index (χ2n) is 11.5. The number of aryl methyl sites for hydroxylation is 1. The van der Waals surface area contributed by atoms with Crippen LogP contribution in [0, 0.1) is 5.41 Å². The lowest BCUT2D eigenvalue weighted by Gasteiger charge is -2.44. The molecule has 1 fully saturated rings. The topological polar surface area (TPSA) is 155 Å². The van der Waals surface area contributed by atoms with E-state index in [2.05, 4.69) is 19.5 Å². The van der Waals surface area contributed by atoms with Gasteiger partial charge in [-0.1, -0.05) is 23.4 Å². The molecule has 0 saturated carbocycles. The molecule has 2 atom stereocenters. The molecule has 13 heteroatoms. The fraction of sp³-hybridized carbons (Fsp3) is 0.538. The highest BCUT2D eigenvalue weighted by atomic mass is 35.5. The van der Waals surface area contributed by atoms with Crippen LogP contribution in [0.1, 0.15) is 62.4 Å². The number of aromatic nitrogens is 5. The first-order chi connectivity index (χ1) is 18.6. The summed E-state index contributed by atoms with van der Waals surface area (Å²) in [6.45, 7) is 6.62. The van der Waals surface area contributed by atoms with Gasteiger partial charge in [-0.25, -0.2) is 19.2 Å². The van der Waals surface area contributed by atoms with E-state index in [1.54, 1.807) is 18.5 Å². The van der Waals surface area contributed by atoms with Crippen LogP contribution in [-0.2, 0) is 30.4 Å². The minimum absolute atomic E-state index is 0.0554. The maximum Gasteiger partial charge on any atom is 0.158 e. The van der Waals surface area contributed by atoms with Crippen molar-refractivity contribution >= 4 is 51.8 Å². The molecule has 0 radical (unpaired) electrons. The molecule has 3 aliphatic rings. The van der Waals surface area contributed by atoms with Gasteiger partial charge in [-0.05, 0) is 64.0 Å². The second kappa shape index (κ2) is 9.90. The standard InChI is InChI=1S/C26H34ClN9OS2/c1-25(2,39(30)37)12-16-21-15-4-3-5-17(15)34-36(21)14-26(16)7-10-35(11-8-26)19-13-32-24(23(29)33-19)38-18-6-9-31-22(28)20(18)27/h6,9,13,16H,3-5,7-8,10-12,14,30H2,1-2H3,(H2,28,31)(H2,29,33)/t16-,39?/m1/s1. The van der Waals surface area contributed by atoms with E-state index in [1.165, 1.54) is 35.1 Å². The Hall–Kier alpha value is -2.41. The summed E-state index contributed by atoms with van der Waals surface area (Å²) in [5.74, 6) is 1.67. The molecule has 6 N–H and O–H groups in total. The highest BCUT2D eigenvalue weighted by Gasteiger charge is 2.52. The minimum Gasteiger partial charge on any atom is -0.382 e. The van der Waals surface area contributed by atoms with Gasteiger partial charge in [0.05, 0.1) is 32.6 Å². The van der Waals surface area contributed by atoms with Gasteiger partial charge in [0.2, 0.25) is 0 Å². The molecule has 0 aromatic carbocycles. The Bertz CT molecular complexity index is 1450. The second-order valence-corrected chi connectivity index (χ2v) is 14.6. The monoisotopic (exact) mass is 587 g/mol. The number of hydrogen-bond acceptors (Lipinski definition) is 9. The molecule has 1 aliphatic carbocycles. The normalized spacial score (nSPS) is 20.8. The first-order valence-electron chi connectivity index (χ1n) is 13.3. The smallest absolute Gasteiger partial charge is 0.158 e. The number of halogens is 1. The fourth-order valence-electron chi connectivity index (χ4n) is 6.49. The Morgan fingerprint density at radius 3 is 2.69 bits per heavy atom. The maximum atomic E-state index is 12.5. The molecule has 39 heavy (non-hydrogen) atoms. The molecular formula is C26H34ClN9OS2. The lowest BCUT2D eigenvalue weighted by molar-refractivity contribution is 0.155. The van der Waals surface area contributed by atoms with Crippen LogP contribution in [0.15, 0.2) is 28.4 Å². The van der Waals surface area contributed by atoms with Crippen LogP contribution in [0.5, 0.6) is 0 Å². The molecular weight excluding hydrogens is 554 g/mol. The molecule has 3 aromatic heterocycles.